The van der Waals surface area contributed by atoms with Crippen molar-refractivity contribution in [1.82, 2.24) is 10.2 Å². The van der Waals surface area contributed by atoms with Crippen LogP contribution < -0.4 is 5.32 Å². The highest BCUT2D eigenvalue weighted by Crippen LogP contribution is 2.29. The zero-order chi connectivity index (χ0) is 25.4. The summed E-state index contributed by atoms with van der Waals surface area (Å²) in [5.74, 6) is 0.414. The molecule has 35 heavy (non-hydrogen) atoms. The summed E-state index contributed by atoms with van der Waals surface area (Å²) in [6.45, 7) is 2.14. The number of carbonyl (C=O) groups excluding carboxylic acids is 2. The van der Waals surface area contributed by atoms with Crippen LogP contribution in [0.5, 0.6) is 0 Å². The molecule has 190 valence electrons. The Labute approximate surface area is 232 Å². The first-order valence-corrected chi connectivity index (χ1v) is 14.5. The quantitative estimate of drug-likeness (QED) is 0.314. The lowest BCUT2D eigenvalue weighted by atomic mass is 9.95. The predicted octanol–water partition coefficient (Wildman–Crippen LogP) is 7.79. The average Bonchev–Trinajstić information content (AvgIpc) is 2.82. The largest absolute Gasteiger partial charge is 0.352 e. The summed E-state index contributed by atoms with van der Waals surface area (Å²) in [5, 5.41) is 5.31. The van der Waals surface area contributed by atoms with E-state index in [2.05, 4.69) is 5.32 Å². The van der Waals surface area contributed by atoms with Crippen LogP contribution in [0.25, 0.3) is 0 Å². The SMILES string of the molecule is CC[C@H](C(=O)NC1CCCCC1)N(Cc1ccc(Cl)cc1Cl)C(=O)CSCc1c(Cl)cccc1Cl. The van der Waals surface area contributed by atoms with E-state index in [4.69, 9.17) is 46.4 Å². The van der Waals surface area contributed by atoms with Gasteiger partial charge in [-0.25, -0.2) is 0 Å². The number of carbonyl (C=O) groups is 2. The molecular weight excluding hydrogens is 546 g/mol. The van der Waals surface area contributed by atoms with Crippen molar-refractivity contribution in [3.05, 3.63) is 67.6 Å². The van der Waals surface area contributed by atoms with E-state index < -0.39 is 6.04 Å². The maximum atomic E-state index is 13.5. The van der Waals surface area contributed by atoms with Crippen LogP contribution in [0.1, 0.15) is 56.6 Å². The van der Waals surface area contributed by atoms with Crippen molar-refractivity contribution in [2.45, 2.75) is 69.8 Å². The van der Waals surface area contributed by atoms with Crippen LogP contribution in [0.4, 0.5) is 0 Å². The summed E-state index contributed by atoms with van der Waals surface area (Å²) < 4.78 is 0. The van der Waals surface area contributed by atoms with Crippen LogP contribution in [0.15, 0.2) is 36.4 Å². The van der Waals surface area contributed by atoms with Crippen molar-refractivity contribution in [3.8, 4) is 0 Å². The van der Waals surface area contributed by atoms with Gasteiger partial charge in [0.25, 0.3) is 0 Å². The van der Waals surface area contributed by atoms with Crippen molar-refractivity contribution >= 4 is 70.0 Å². The third-order valence-electron chi connectivity index (χ3n) is 6.23. The van der Waals surface area contributed by atoms with Crippen molar-refractivity contribution in [2.75, 3.05) is 5.75 Å². The molecule has 0 aliphatic heterocycles. The number of hydrogen-bond acceptors (Lipinski definition) is 3. The minimum atomic E-state index is -0.597. The molecule has 1 aliphatic rings. The average molecular weight is 576 g/mol. The van der Waals surface area contributed by atoms with E-state index in [0.29, 0.717) is 32.3 Å². The van der Waals surface area contributed by atoms with Crippen molar-refractivity contribution in [3.63, 3.8) is 0 Å². The summed E-state index contributed by atoms with van der Waals surface area (Å²) in [5.41, 5.74) is 1.54. The molecule has 0 bridgehead atoms. The summed E-state index contributed by atoms with van der Waals surface area (Å²) in [7, 11) is 0. The summed E-state index contributed by atoms with van der Waals surface area (Å²) in [6, 6.07) is 10.1. The zero-order valence-electron chi connectivity index (χ0n) is 19.7. The molecule has 2 aromatic rings. The Hall–Kier alpha value is -1.11. The first kappa shape index (κ1) is 28.5. The van der Waals surface area contributed by atoms with E-state index >= 15 is 0 Å². The van der Waals surface area contributed by atoms with E-state index in [0.717, 1.165) is 36.8 Å². The summed E-state index contributed by atoms with van der Waals surface area (Å²) >= 11 is 26.5. The van der Waals surface area contributed by atoms with E-state index in [-0.39, 0.29) is 30.2 Å². The molecule has 1 saturated carbocycles. The molecule has 0 saturated heterocycles. The Morgan fingerprint density at radius 3 is 2.34 bits per heavy atom. The molecule has 0 radical (unpaired) electrons. The molecule has 1 atom stereocenters. The van der Waals surface area contributed by atoms with Gasteiger partial charge in [0.15, 0.2) is 0 Å². The van der Waals surface area contributed by atoms with Crippen LogP contribution in [0, 0.1) is 0 Å². The van der Waals surface area contributed by atoms with Gasteiger partial charge in [-0.3, -0.25) is 9.59 Å². The van der Waals surface area contributed by atoms with E-state index in [1.165, 1.54) is 18.2 Å². The van der Waals surface area contributed by atoms with Crippen molar-refractivity contribution in [1.29, 1.82) is 0 Å². The van der Waals surface area contributed by atoms with Gasteiger partial charge in [-0.1, -0.05) is 84.7 Å². The standard InChI is InChI=1S/C26H30Cl4N2O2S/c1-2-24(26(34)31-19-7-4-3-5-8-19)32(14-17-11-12-18(27)13-23(17)30)25(33)16-35-15-20-21(28)9-6-10-22(20)29/h6,9-13,19,24H,2-5,7-8,14-16H2,1H3,(H,31,34)/t24-/m1/s1. The maximum absolute atomic E-state index is 13.5. The third kappa shape index (κ3) is 8.19. The van der Waals surface area contributed by atoms with Gasteiger partial charge < -0.3 is 10.2 Å². The third-order valence-corrected chi connectivity index (χ3v) is 8.47. The number of nitrogens with one attached hydrogen (secondary N) is 1. The summed E-state index contributed by atoms with van der Waals surface area (Å²) in [4.78, 5) is 28.4. The van der Waals surface area contributed by atoms with Crippen LogP contribution in [-0.2, 0) is 21.9 Å². The van der Waals surface area contributed by atoms with Crippen molar-refractivity contribution < 1.29 is 9.59 Å². The van der Waals surface area contributed by atoms with Gasteiger partial charge >= 0.3 is 0 Å². The van der Waals surface area contributed by atoms with Gasteiger partial charge in [-0.15, -0.1) is 11.8 Å². The predicted molar refractivity (Wildman–Crippen MR) is 149 cm³/mol. The highest BCUT2D eigenvalue weighted by Gasteiger charge is 2.30. The topological polar surface area (TPSA) is 49.4 Å². The highest BCUT2D eigenvalue weighted by molar-refractivity contribution is 7.99. The first-order valence-electron chi connectivity index (χ1n) is 11.8. The molecule has 4 nitrogen and oxygen atoms in total. The fraction of sp³-hybridized carbons (Fsp3) is 0.462. The van der Waals surface area contributed by atoms with Gasteiger partial charge in [-0.2, -0.15) is 0 Å². The molecule has 2 amide bonds. The van der Waals surface area contributed by atoms with E-state index in [1.807, 2.05) is 6.92 Å². The van der Waals surface area contributed by atoms with Crippen LogP contribution in [-0.4, -0.2) is 34.6 Å². The molecule has 2 aromatic carbocycles. The Kier molecular flexibility index (Phi) is 11.4. The van der Waals surface area contributed by atoms with E-state index in [9.17, 15) is 9.59 Å². The number of thioether (sulfide) groups is 1. The Morgan fingerprint density at radius 1 is 1.03 bits per heavy atom. The second-order valence-corrected chi connectivity index (χ2v) is 11.4. The lowest BCUT2D eigenvalue weighted by molar-refractivity contribution is -0.139. The fourth-order valence-corrected chi connectivity index (χ4v) is 6.41. The lowest BCUT2D eigenvalue weighted by Crippen LogP contribution is -2.52. The molecule has 0 aromatic heterocycles. The second kappa shape index (κ2) is 14.0. The monoisotopic (exact) mass is 574 g/mol. The van der Waals surface area contributed by atoms with Crippen molar-refractivity contribution in [2.24, 2.45) is 0 Å². The highest BCUT2D eigenvalue weighted by atomic mass is 35.5. The minimum Gasteiger partial charge on any atom is -0.352 e. The molecule has 1 N–H and O–H groups in total. The van der Waals surface area contributed by atoms with Gasteiger partial charge in [0, 0.05) is 38.4 Å². The van der Waals surface area contributed by atoms with E-state index in [1.54, 1.807) is 41.3 Å². The molecular formula is C26H30Cl4N2O2S. The lowest BCUT2D eigenvalue weighted by Gasteiger charge is -2.33. The molecule has 9 heteroatoms. The molecule has 0 unspecified atom stereocenters. The maximum Gasteiger partial charge on any atom is 0.243 e. The van der Waals surface area contributed by atoms with Crippen LogP contribution in [0.2, 0.25) is 20.1 Å². The number of nitrogens with zero attached hydrogens (tertiary/aromatic N) is 1. The molecule has 1 aliphatic carbocycles. The van der Waals surface area contributed by atoms with Crippen LogP contribution >= 0.6 is 58.2 Å². The van der Waals surface area contributed by atoms with Gasteiger partial charge in [-0.05, 0) is 54.7 Å². The van der Waals surface area contributed by atoms with Gasteiger partial charge in [0.2, 0.25) is 11.8 Å². The Balaban J connectivity index is 1.76. The van der Waals surface area contributed by atoms with Crippen LogP contribution in [0.3, 0.4) is 0 Å². The minimum absolute atomic E-state index is 0.114. The molecule has 3 rings (SSSR count). The number of rotatable bonds is 10. The number of benzene rings is 2. The number of halogens is 4. The number of amides is 2. The fourth-order valence-electron chi connectivity index (χ4n) is 4.29. The van der Waals surface area contributed by atoms with Gasteiger partial charge in [0.1, 0.15) is 6.04 Å². The smallest absolute Gasteiger partial charge is 0.243 e. The normalized spacial score (nSPS) is 15.0. The second-order valence-electron chi connectivity index (χ2n) is 8.72. The number of hydrogen-bond donors (Lipinski definition) is 1. The molecule has 0 spiro atoms. The Morgan fingerprint density at radius 2 is 1.71 bits per heavy atom. The molecule has 1 fully saturated rings. The molecule has 0 heterocycles. The van der Waals surface area contributed by atoms with Gasteiger partial charge in [0.05, 0.1) is 5.75 Å². The Bertz CT molecular complexity index is 1010. The first-order chi connectivity index (χ1) is 16.8. The summed E-state index contributed by atoms with van der Waals surface area (Å²) in [6.07, 6.45) is 5.89. The zero-order valence-corrected chi connectivity index (χ0v) is 23.5.